The molecule has 0 fully saturated rings. The van der Waals surface area contributed by atoms with Crippen LogP contribution in [-0.2, 0) is 4.74 Å². The molecule has 0 radical (unpaired) electrons. The maximum atomic E-state index is 5.47. The molecule has 17 heavy (non-hydrogen) atoms. The Morgan fingerprint density at radius 3 is 2.24 bits per heavy atom. The zero-order valence-corrected chi connectivity index (χ0v) is 11.0. The Hall–Kier alpha value is -1.46. The van der Waals surface area contributed by atoms with Crippen molar-refractivity contribution in [3.05, 3.63) is 29.8 Å². The van der Waals surface area contributed by atoms with Crippen LogP contribution in [0.5, 0.6) is 5.75 Å². The highest BCUT2D eigenvalue weighted by Gasteiger charge is 2.03. The Kier molecular flexibility index (Phi) is 5.06. The van der Waals surface area contributed by atoms with Gasteiger partial charge in [-0.2, -0.15) is 0 Å². The number of methoxy groups -OCH3 is 1. The zero-order chi connectivity index (χ0) is 12.7. The molecular weight excluding hydrogens is 212 g/mol. The minimum Gasteiger partial charge on any atom is -0.491 e. The second kappa shape index (κ2) is 6.32. The van der Waals surface area contributed by atoms with Crippen LogP contribution in [0.1, 0.15) is 26.3 Å². The normalized spacial score (nSPS) is 10.6. The largest absolute Gasteiger partial charge is 0.491 e. The topological polar surface area (TPSA) is 18.5 Å². The number of benzene rings is 1. The predicted octanol–water partition coefficient (Wildman–Crippen LogP) is 3.11. The second-order valence-corrected chi connectivity index (χ2v) is 4.87. The van der Waals surface area contributed by atoms with Gasteiger partial charge in [0, 0.05) is 18.1 Å². The number of hydrogen-bond acceptors (Lipinski definition) is 2. The Balaban J connectivity index is 2.58. The number of hydrogen-bond donors (Lipinski definition) is 0. The van der Waals surface area contributed by atoms with Gasteiger partial charge >= 0.3 is 0 Å². The summed E-state index contributed by atoms with van der Waals surface area (Å²) in [5.41, 5.74) is 1.05. The van der Waals surface area contributed by atoms with Crippen LogP contribution in [0, 0.1) is 17.3 Å². The third-order valence-corrected chi connectivity index (χ3v) is 1.99. The number of rotatable bonds is 4. The summed E-state index contributed by atoms with van der Waals surface area (Å²) in [5, 5.41) is 0. The third kappa shape index (κ3) is 5.99. The van der Waals surface area contributed by atoms with Crippen molar-refractivity contribution in [3.8, 4) is 17.6 Å². The van der Waals surface area contributed by atoms with Gasteiger partial charge in [0.15, 0.2) is 0 Å². The van der Waals surface area contributed by atoms with Gasteiger partial charge in [-0.15, -0.1) is 0 Å². The monoisotopic (exact) mass is 232 g/mol. The maximum absolute atomic E-state index is 5.47. The SMILES string of the molecule is COCCOc1ccc(C#CC(C)(C)C)cc1. The summed E-state index contributed by atoms with van der Waals surface area (Å²) >= 11 is 0. The van der Waals surface area contributed by atoms with Crippen LogP contribution in [0.4, 0.5) is 0 Å². The van der Waals surface area contributed by atoms with Crippen LogP contribution in [0.2, 0.25) is 0 Å². The van der Waals surface area contributed by atoms with Gasteiger partial charge in [-0.25, -0.2) is 0 Å². The van der Waals surface area contributed by atoms with Crippen molar-refractivity contribution in [2.24, 2.45) is 5.41 Å². The smallest absolute Gasteiger partial charge is 0.119 e. The first-order chi connectivity index (χ1) is 8.01. The summed E-state index contributed by atoms with van der Waals surface area (Å²) in [6.45, 7) is 7.47. The molecule has 0 N–H and O–H groups in total. The lowest BCUT2D eigenvalue weighted by molar-refractivity contribution is 0.146. The third-order valence-electron chi connectivity index (χ3n) is 1.99. The van der Waals surface area contributed by atoms with E-state index in [2.05, 4.69) is 32.6 Å². The highest BCUT2D eigenvalue weighted by molar-refractivity contribution is 5.38. The fourth-order valence-electron chi connectivity index (χ4n) is 1.14. The van der Waals surface area contributed by atoms with Crippen molar-refractivity contribution in [3.63, 3.8) is 0 Å². The average Bonchev–Trinajstić information content (AvgIpc) is 2.27. The molecule has 0 aliphatic rings. The van der Waals surface area contributed by atoms with Crippen LogP contribution in [0.25, 0.3) is 0 Å². The van der Waals surface area contributed by atoms with E-state index >= 15 is 0 Å². The maximum Gasteiger partial charge on any atom is 0.119 e. The molecule has 0 saturated carbocycles. The van der Waals surface area contributed by atoms with Crippen molar-refractivity contribution in [2.75, 3.05) is 20.3 Å². The van der Waals surface area contributed by atoms with E-state index in [0.717, 1.165) is 11.3 Å². The molecule has 0 amide bonds. The Morgan fingerprint density at radius 2 is 1.71 bits per heavy atom. The van der Waals surface area contributed by atoms with Crippen LogP contribution >= 0.6 is 0 Å². The minimum absolute atomic E-state index is 0.0354. The van der Waals surface area contributed by atoms with Gasteiger partial charge in [-0.1, -0.05) is 11.8 Å². The molecule has 0 aromatic heterocycles. The molecule has 0 spiro atoms. The van der Waals surface area contributed by atoms with E-state index in [-0.39, 0.29) is 5.41 Å². The summed E-state index contributed by atoms with van der Waals surface area (Å²) in [6.07, 6.45) is 0. The van der Waals surface area contributed by atoms with Gasteiger partial charge in [0.25, 0.3) is 0 Å². The van der Waals surface area contributed by atoms with Crippen LogP contribution in [-0.4, -0.2) is 20.3 Å². The molecular formula is C15H20O2. The van der Waals surface area contributed by atoms with E-state index in [0.29, 0.717) is 13.2 Å². The summed E-state index contributed by atoms with van der Waals surface area (Å²) in [6, 6.07) is 7.81. The van der Waals surface area contributed by atoms with Gasteiger partial charge in [0.1, 0.15) is 12.4 Å². The zero-order valence-electron chi connectivity index (χ0n) is 11.0. The van der Waals surface area contributed by atoms with Crippen LogP contribution < -0.4 is 4.74 Å². The van der Waals surface area contributed by atoms with Crippen molar-refractivity contribution >= 4 is 0 Å². The average molecular weight is 232 g/mol. The lowest BCUT2D eigenvalue weighted by atomic mass is 9.97. The second-order valence-electron chi connectivity index (χ2n) is 4.87. The quantitative estimate of drug-likeness (QED) is 0.586. The van der Waals surface area contributed by atoms with Gasteiger partial charge in [-0.05, 0) is 45.0 Å². The molecule has 0 atom stereocenters. The van der Waals surface area contributed by atoms with E-state index in [1.54, 1.807) is 7.11 Å². The molecule has 0 bridgehead atoms. The predicted molar refractivity (Wildman–Crippen MR) is 70.1 cm³/mol. The highest BCUT2D eigenvalue weighted by atomic mass is 16.5. The summed E-state index contributed by atoms with van der Waals surface area (Å²) in [4.78, 5) is 0. The lowest BCUT2D eigenvalue weighted by Gasteiger charge is -2.07. The van der Waals surface area contributed by atoms with E-state index in [4.69, 9.17) is 9.47 Å². The van der Waals surface area contributed by atoms with Gasteiger partial charge in [-0.3, -0.25) is 0 Å². The standard InChI is InChI=1S/C15H20O2/c1-15(2,3)10-9-13-5-7-14(8-6-13)17-12-11-16-4/h5-8H,11-12H2,1-4H3. The molecule has 0 aliphatic carbocycles. The molecule has 0 heterocycles. The Bertz CT molecular complexity index is 388. The van der Waals surface area contributed by atoms with Crippen molar-refractivity contribution in [1.82, 2.24) is 0 Å². The first-order valence-corrected chi connectivity index (χ1v) is 5.76. The first-order valence-electron chi connectivity index (χ1n) is 5.76. The first kappa shape index (κ1) is 13.6. The molecule has 2 nitrogen and oxygen atoms in total. The fraction of sp³-hybridized carbons (Fsp3) is 0.467. The van der Waals surface area contributed by atoms with Crippen molar-refractivity contribution < 1.29 is 9.47 Å². The summed E-state index contributed by atoms with van der Waals surface area (Å²) in [5.74, 6) is 7.20. The molecule has 1 rings (SSSR count). The molecule has 1 aromatic rings. The Morgan fingerprint density at radius 1 is 1.06 bits per heavy atom. The van der Waals surface area contributed by atoms with E-state index < -0.39 is 0 Å². The van der Waals surface area contributed by atoms with E-state index in [1.807, 2.05) is 24.3 Å². The Labute approximate surface area is 104 Å². The van der Waals surface area contributed by atoms with Gasteiger partial charge < -0.3 is 9.47 Å². The van der Waals surface area contributed by atoms with Gasteiger partial charge in [0.2, 0.25) is 0 Å². The van der Waals surface area contributed by atoms with Crippen molar-refractivity contribution in [1.29, 1.82) is 0 Å². The highest BCUT2D eigenvalue weighted by Crippen LogP contribution is 2.13. The van der Waals surface area contributed by atoms with Crippen molar-refractivity contribution in [2.45, 2.75) is 20.8 Å². The van der Waals surface area contributed by atoms with Crippen LogP contribution in [0.15, 0.2) is 24.3 Å². The molecule has 0 saturated heterocycles. The van der Waals surface area contributed by atoms with E-state index in [9.17, 15) is 0 Å². The molecule has 92 valence electrons. The van der Waals surface area contributed by atoms with E-state index in [1.165, 1.54) is 0 Å². The molecule has 0 unspecified atom stereocenters. The van der Waals surface area contributed by atoms with Gasteiger partial charge in [0.05, 0.1) is 6.61 Å². The fourth-order valence-corrected chi connectivity index (χ4v) is 1.14. The molecule has 1 aromatic carbocycles. The summed E-state index contributed by atoms with van der Waals surface area (Å²) in [7, 11) is 1.66. The summed E-state index contributed by atoms with van der Waals surface area (Å²) < 4.78 is 10.4. The number of ether oxygens (including phenoxy) is 2. The lowest BCUT2D eigenvalue weighted by Crippen LogP contribution is -2.04. The minimum atomic E-state index is 0.0354. The molecule has 2 heteroatoms. The molecule has 0 aliphatic heterocycles. The van der Waals surface area contributed by atoms with Crippen LogP contribution in [0.3, 0.4) is 0 Å².